The van der Waals surface area contributed by atoms with Crippen LogP contribution in [0.15, 0.2) is 35.2 Å². The Kier molecular flexibility index (Phi) is 9.81. The first-order valence-electron chi connectivity index (χ1n) is 8.89. The van der Waals surface area contributed by atoms with E-state index in [2.05, 4.69) is 5.32 Å². The van der Waals surface area contributed by atoms with Crippen molar-refractivity contribution >= 4 is 39.8 Å². The van der Waals surface area contributed by atoms with Crippen LogP contribution in [-0.2, 0) is 24.5 Å². The predicted octanol–water partition coefficient (Wildman–Crippen LogP) is 0.249. The third-order valence-electron chi connectivity index (χ3n) is 4.01. The SMILES string of the molecule is CN(CCCCCC(=O)Nc1ccc(C(=O)NN)c(S(=O)(=O)O)c1)C(=O)/C=C\C=O. The molecule has 12 heteroatoms. The quantitative estimate of drug-likeness (QED) is 0.0719. The zero-order valence-electron chi connectivity index (χ0n) is 16.3. The number of aldehydes is 1. The van der Waals surface area contributed by atoms with E-state index in [0.29, 0.717) is 32.1 Å². The Labute approximate surface area is 174 Å². The number of unbranched alkanes of at least 4 members (excludes halogenated alkanes) is 2. The van der Waals surface area contributed by atoms with Crippen LogP contribution >= 0.6 is 0 Å². The van der Waals surface area contributed by atoms with Crippen LogP contribution in [-0.4, -0.2) is 55.5 Å². The molecule has 0 aliphatic carbocycles. The highest BCUT2D eigenvalue weighted by atomic mass is 32.2. The van der Waals surface area contributed by atoms with Crippen LogP contribution in [0.1, 0.15) is 36.0 Å². The molecule has 0 bridgehead atoms. The zero-order chi connectivity index (χ0) is 22.7. The molecule has 1 aromatic rings. The van der Waals surface area contributed by atoms with E-state index in [1.165, 1.54) is 17.0 Å². The number of rotatable bonds is 11. The minimum atomic E-state index is -4.72. The van der Waals surface area contributed by atoms with Crippen LogP contribution in [0.4, 0.5) is 5.69 Å². The number of nitrogen functional groups attached to an aromatic ring is 1. The summed E-state index contributed by atoms with van der Waals surface area (Å²) in [6, 6.07) is 3.39. The zero-order valence-corrected chi connectivity index (χ0v) is 17.1. The maximum Gasteiger partial charge on any atom is 0.295 e. The summed E-state index contributed by atoms with van der Waals surface area (Å²) in [7, 11) is -3.11. The Morgan fingerprint density at radius 2 is 1.90 bits per heavy atom. The highest BCUT2D eigenvalue weighted by molar-refractivity contribution is 7.86. The van der Waals surface area contributed by atoms with Crippen molar-refractivity contribution in [3.8, 4) is 0 Å². The summed E-state index contributed by atoms with van der Waals surface area (Å²) in [6.07, 6.45) is 4.79. The van der Waals surface area contributed by atoms with E-state index in [0.717, 1.165) is 18.2 Å². The molecule has 164 valence electrons. The lowest BCUT2D eigenvalue weighted by molar-refractivity contribution is -0.125. The molecule has 30 heavy (non-hydrogen) atoms. The van der Waals surface area contributed by atoms with E-state index in [1.54, 1.807) is 12.5 Å². The molecule has 0 saturated heterocycles. The number of anilines is 1. The molecular formula is C18H24N4O7S. The van der Waals surface area contributed by atoms with E-state index in [9.17, 15) is 32.1 Å². The smallest absolute Gasteiger partial charge is 0.295 e. The number of hydrazine groups is 1. The first-order chi connectivity index (χ1) is 14.1. The maximum atomic E-state index is 12.0. The van der Waals surface area contributed by atoms with Gasteiger partial charge in [-0.25, -0.2) is 5.84 Å². The minimum absolute atomic E-state index is 0.0912. The monoisotopic (exact) mass is 440 g/mol. The van der Waals surface area contributed by atoms with Crippen LogP contribution in [0, 0.1) is 0 Å². The van der Waals surface area contributed by atoms with Gasteiger partial charge in [-0.2, -0.15) is 8.42 Å². The molecule has 0 aromatic heterocycles. The summed E-state index contributed by atoms with van der Waals surface area (Å²) < 4.78 is 32.3. The standard InChI is InChI=1S/C18H24N4O7S/c1-22(17(25)7-5-11-23)10-4-2-3-6-16(24)20-13-8-9-14(18(26)21-19)15(12-13)30(27,28)29/h5,7-9,11-12H,2-4,6,10,19H2,1H3,(H,20,24)(H,21,26)(H,27,28,29)/b7-5-. The third kappa shape index (κ3) is 8.11. The molecule has 0 spiro atoms. The second-order valence-electron chi connectivity index (χ2n) is 6.27. The van der Waals surface area contributed by atoms with Crippen molar-refractivity contribution in [1.29, 1.82) is 0 Å². The summed E-state index contributed by atoms with van der Waals surface area (Å²) in [6.45, 7) is 0.464. The van der Waals surface area contributed by atoms with Crippen molar-refractivity contribution < 1.29 is 32.1 Å². The number of hydrogen-bond acceptors (Lipinski definition) is 7. The van der Waals surface area contributed by atoms with E-state index in [-0.39, 0.29) is 29.5 Å². The van der Waals surface area contributed by atoms with E-state index in [1.807, 2.05) is 0 Å². The fourth-order valence-corrected chi connectivity index (χ4v) is 3.19. The normalized spacial score (nSPS) is 11.2. The topological polar surface area (TPSA) is 176 Å². The van der Waals surface area contributed by atoms with Crippen molar-refractivity contribution in [2.75, 3.05) is 18.9 Å². The molecule has 0 saturated carbocycles. The summed E-state index contributed by atoms with van der Waals surface area (Å²) in [5.74, 6) is 3.40. The van der Waals surface area contributed by atoms with E-state index >= 15 is 0 Å². The Bertz CT molecular complexity index is 928. The molecule has 0 radical (unpaired) electrons. The van der Waals surface area contributed by atoms with Crippen LogP contribution < -0.4 is 16.6 Å². The van der Waals surface area contributed by atoms with Crippen molar-refractivity contribution in [2.24, 2.45) is 5.84 Å². The molecule has 3 amide bonds. The number of amides is 3. The molecule has 11 nitrogen and oxygen atoms in total. The highest BCUT2D eigenvalue weighted by Gasteiger charge is 2.21. The van der Waals surface area contributed by atoms with E-state index in [4.69, 9.17) is 5.84 Å². The average molecular weight is 440 g/mol. The molecular weight excluding hydrogens is 416 g/mol. The molecule has 5 N–H and O–H groups in total. The number of hydrogen-bond donors (Lipinski definition) is 4. The first kappa shape index (κ1) is 24.9. The number of nitrogens with two attached hydrogens (primary N) is 1. The number of likely N-dealkylation sites (N-methyl/N-ethyl adjacent to an activating group) is 1. The Balaban J connectivity index is 2.56. The van der Waals surface area contributed by atoms with Gasteiger partial charge in [0.2, 0.25) is 11.8 Å². The Morgan fingerprint density at radius 1 is 1.20 bits per heavy atom. The van der Waals surface area contributed by atoms with Gasteiger partial charge in [0.25, 0.3) is 16.0 Å². The van der Waals surface area contributed by atoms with Gasteiger partial charge in [0.15, 0.2) is 0 Å². The Hall–Kier alpha value is -3.09. The van der Waals surface area contributed by atoms with Crippen molar-refractivity contribution in [3.05, 3.63) is 35.9 Å². The summed E-state index contributed by atoms with van der Waals surface area (Å²) in [4.78, 5) is 46.2. The van der Waals surface area contributed by atoms with Gasteiger partial charge in [0.05, 0.1) is 5.56 Å². The van der Waals surface area contributed by atoms with Crippen LogP contribution in [0.5, 0.6) is 0 Å². The van der Waals surface area contributed by atoms with Crippen LogP contribution in [0.25, 0.3) is 0 Å². The lowest BCUT2D eigenvalue weighted by atomic mass is 10.1. The van der Waals surface area contributed by atoms with Gasteiger partial charge in [0, 0.05) is 31.8 Å². The van der Waals surface area contributed by atoms with Gasteiger partial charge in [0.1, 0.15) is 11.2 Å². The Morgan fingerprint density at radius 3 is 2.50 bits per heavy atom. The minimum Gasteiger partial charge on any atom is -0.342 e. The second kappa shape index (κ2) is 11.8. The number of nitrogens with one attached hydrogen (secondary N) is 2. The molecule has 1 aromatic carbocycles. The van der Waals surface area contributed by atoms with Gasteiger partial charge < -0.3 is 10.2 Å². The molecule has 0 aliphatic heterocycles. The number of allylic oxidation sites excluding steroid dienone is 1. The molecule has 0 fully saturated rings. The van der Waals surface area contributed by atoms with Gasteiger partial charge >= 0.3 is 0 Å². The number of benzene rings is 1. The highest BCUT2D eigenvalue weighted by Crippen LogP contribution is 2.21. The van der Waals surface area contributed by atoms with Crippen molar-refractivity contribution in [1.82, 2.24) is 10.3 Å². The predicted molar refractivity (Wildman–Crippen MR) is 108 cm³/mol. The largest absolute Gasteiger partial charge is 0.342 e. The average Bonchev–Trinajstić information content (AvgIpc) is 2.70. The van der Waals surface area contributed by atoms with Gasteiger partial charge in [-0.3, -0.25) is 29.2 Å². The van der Waals surface area contributed by atoms with Crippen LogP contribution in [0.3, 0.4) is 0 Å². The fourth-order valence-electron chi connectivity index (χ4n) is 2.47. The third-order valence-corrected chi connectivity index (χ3v) is 4.90. The summed E-state index contributed by atoms with van der Waals surface area (Å²) in [5.41, 5.74) is 1.50. The number of carbonyl (C=O) groups is 4. The second-order valence-corrected chi connectivity index (χ2v) is 7.66. The molecule has 0 aliphatic rings. The molecule has 0 heterocycles. The van der Waals surface area contributed by atoms with Crippen molar-refractivity contribution in [3.63, 3.8) is 0 Å². The van der Waals surface area contributed by atoms with Gasteiger partial charge in [-0.05, 0) is 37.1 Å². The molecule has 0 unspecified atom stereocenters. The maximum absolute atomic E-state index is 12.0. The summed E-state index contributed by atoms with van der Waals surface area (Å²) in [5, 5.41) is 2.50. The van der Waals surface area contributed by atoms with E-state index < -0.39 is 20.9 Å². The van der Waals surface area contributed by atoms with Crippen LogP contribution in [0.2, 0.25) is 0 Å². The lowest BCUT2D eigenvalue weighted by Gasteiger charge is -2.14. The first-order valence-corrected chi connectivity index (χ1v) is 10.3. The molecule has 1 rings (SSSR count). The number of carbonyl (C=O) groups excluding carboxylic acids is 4. The lowest BCUT2D eigenvalue weighted by Crippen LogP contribution is -2.31. The fraction of sp³-hybridized carbons (Fsp3) is 0.333. The molecule has 0 atom stereocenters. The van der Waals surface area contributed by atoms with Gasteiger partial charge in [-0.15, -0.1) is 0 Å². The van der Waals surface area contributed by atoms with Crippen molar-refractivity contribution in [2.45, 2.75) is 30.6 Å². The number of nitrogens with zero attached hydrogens (tertiary/aromatic N) is 1. The van der Waals surface area contributed by atoms with Gasteiger partial charge in [-0.1, -0.05) is 6.42 Å². The summed E-state index contributed by atoms with van der Waals surface area (Å²) >= 11 is 0.